The van der Waals surface area contributed by atoms with Gasteiger partial charge in [0.25, 0.3) is 0 Å². The molecule has 3 rings (SSSR count). The number of carbonyl (C=O) groups excluding carboxylic acids is 3. The van der Waals surface area contributed by atoms with Gasteiger partial charge in [-0.2, -0.15) is 0 Å². The number of rotatable bonds is 6. The number of alkyl halides is 1. The first-order valence-electron chi connectivity index (χ1n) is 9.98. The van der Waals surface area contributed by atoms with E-state index in [1.807, 2.05) is 42.2 Å². The lowest BCUT2D eigenvalue weighted by atomic mass is 10.0. The summed E-state index contributed by atoms with van der Waals surface area (Å²) in [5.41, 5.74) is 1.07. The Bertz CT molecular complexity index is 704. The molecule has 2 atom stereocenters. The molecule has 0 radical (unpaired) electrons. The molecular formula is C21H28ClN3O3. The van der Waals surface area contributed by atoms with Crippen molar-refractivity contribution in [2.45, 2.75) is 44.7 Å². The Hall–Kier alpha value is -2.08. The van der Waals surface area contributed by atoms with Crippen molar-refractivity contribution in [3.63, 3.8) is 0 Å². The number of amides is 3. The van der Waals surface area contributed by atoms with Crippen molar-refractivity contribution in [3.05, 3.63) is 35.9 Å². The van der Waals surface area contributed by atoms with Gasteiger partial charge in [-0.3, -0.25) is 14.4 Å². The highest BCUT2D eigenvalue weighted by Crippen LogP contribution is 2.28. The molecule has 0 spiro atoms. The summed E-state index contributed by atoms with van der Waals surface area (Å²) in [4.78, 5) is 40.7. The van der Waals surface area contributed by atoms with Crippen molar-refractivity contribution >= 4 is 29.3 Å². The predicted molar refractivity (Wildman–Crippen MR) is 108 cm³/mol. The number of nitrogens with zero attached hydrogens (tertiary/aromatic N) is 2. The highest BCUT2D eigenvalue weighted by atomic mass is 35.5. The van der Waals surface area contributed by atoms with Crippen molar-refractivity contribution in [2.75, 3.05) is 25.5 Å². The Morgan fingerprint density at radius 3 is 2.54 bits per heavy atom. The second-order valence-corrected chi connectivity index (χ2v) is 8.01. The summed E-state index contributed by atoms with van der Waals surface area (Å²) < 4.78 is 0. The molecule has 0 bridgehead atoms. The van der Waals surface area contributed by atoms with Crippen LogP contribution in [0.25, 0.3) is 0 Å². The van der Waals surface area contributed by atoms with Gasteiger partial charge in [-0.15, -0.1) is 11.6 Å². The molecule has 28 heavy (non-hydrogen) atoms. The van der Waals surface area contributed by atoms with E-state index in [1.54, 1.807) is 4.90 Å². The average molecular weight is 406 g/mol. The van der Waals surface area contributed by atoms with Gasteiger partial charge in [-0.1, -0.05) is 30.3 Å². The maximum Gasteiger partial charge on any atom is 0.225 e. The minimum Gasteiger partial charge on any atom is -0.353 e. The molecule has 2 heterocycles. The van der Waals surface area contributed by atoms with Crippen LogP contribution in [0.4, 0.5) is 0 Å². The van der Waals surface area contributed by atoms with Gasteiger partial charge in [0.15, 0.2) is 0 Å². The smallest absolute Gasteiger partial charge is 0.225 e. The van der Waals surface area contributed by atoms with Crippen molar-refractivity contribution in [3.8, 4) is 0 Å². The fourth-order valence-electron chi connectivity index (χ4n) is 4.02. The van der Waals surface area contributed by atoms with E-state index in [1.165, 1.54) is 0 Å². The minimum atomic E-state index is -0.311. The molecule has 0 saturated carbocycles. The molecule has 152 valence electrons. The van der Waals surface area contributed by atoms with Crippen LogP contribution < -0.4 is 5.32 Å². The van der Waals surface area contributed by atoms with Gasteiger partial charge >= 0.3 is 0 Å². The Morgan fingerprint density at radius 2 is 1.89 bits per heavy atom. The number of halogens is 1. The zero-order valence-corrected chi connectivity index (χ0v) is 17.0. The van der Waals surface area contributed by atoms with Gasteiger partial charge in [0.1, 0.15) is 0 Å². The molecule has 2 aliphatic heterocycles. The van der Waals surface area contributed by atoms with Crippen LogP contribution in [0.2, 0.25) is 0 Å². The van der Waals surface area contributed by atoms with Crippen LogP contribution in [0.3, 0.4) is 0 Å². The maximum absolute atomic E-state index is 12.7. The monoisotopic (exact) mass is 405 g/mol. The normalized spacial score (nSPS) is 21.6. The van der Waals surface area contributed by atoms with Gasteiger partial charge in [-0.05, 0) is 25.3 Å². The molecule has 3 amide bonds. The summed E-state index contributed by atoms with van der Waals surface area (Å²) in [6.45, 7) is 3.73. The lowest BCUT2D eigenvalue weighted by Gasteiger charge is -2.33. The quantitative estimate of drug-likeness (QED) is 0.738. The first-order chi connectivity index (χ1) is 13.5. The zero-order chi connectivity index (χ0) is 20.1. The van der Waals surface area contributed by atoms with Gasteiger partial charge in [0.2, 0.25) is 17.7 Å². The SMILES string of the molecule is CC(c1ccccc1)N1CC(C(=O)NC2CCN(C(=O)CCCl)CC2)CC1=O. The molecule has 7 heteroatoms. The van der Waals surface area contributed by atoms with E-state index in [-0.39, 0.29) is 42.1 Å². The van der Waals surface area contributed by atoms with Gasteiger partial charge in [0.05, 0.1) is 12.0 Å². The molecule has 2 unspecified atom stereocenters. The van der Waals surface area contributed by atoms with Gasteiger partial charge < -0.3 is 15.1 Å². The van der Waals surface area contributed by atoms with E-state index >= 15 is 0 Å². The fraction of sp³-hybridized carbons (Fsp3) is 0.571. The summed E-state index contributed by atoms with van der Waals surface area (Å²) in [5.74, 6) is 0.0734. The van der Waals surface area contributed by atoms with Gasteiger partial charge in [-0.25, -0.2) is 0 Å². The Kier molecular flexibility index (Phi) is 6.94. The van der Waals surface area contributed by atoms with E-state index in [4.69, 9.17) is 11.6 Å². The molecule has 1 N–H and O–H groups in total. The summed E-state index contributed by atoms with van der Waals surface area (Å²) in [6.07, 6.45) is 2.10. The lowest BCUT2D eigenvalue weighted by molar-refractivity contribution is -0.132. The predicted octanol–water partition coefficient (Wildman–Crippen LogP) is 2.33. The molecule has 2 fully saturated rings. The summed E-state index contributed by atoms with van der Waals surface area (Å²) in [6, 6.07) is 9.90. The maximum atomic E-state index is 12.7. The van der Waals surface area contributed by atoms with Crippen molar-refractivity contribution in [1.82, 2.24) is 15.1 Å². The standard InChI is InChI=1S/C21H28ClN3O3/c1-15(16-5-3-2-4-6-16)25-14-17(13-20(25)27)21(28)23-18-8-11-24(12-9-18)19(26)7-10-22/h2-6,15,17-18H,7-14H2,1H3,(H,23,28). The number of hydrogen-bond donors (Lipinski definition) is 1. The van der Waals surface area contributed by atoms with Crippen LogP contribution in [0.15, 0.2) is 30.3 Å². The topological polar surface area (TPSA) is 69.7 Å². The van der Waals surface area contributed by atoms with E-state index in [9.17, 15) is 14.4 Å². The average Bonchev–Trinajstić information content (AvgIpc) is 3.10. The first kappa shape index (κ1) is 20.6. The number of likely N-dealkylation sites (tertiary alicyclic amines) is 2. The Balaban J connectivity index is 1.49. The molecule has 0 aliphatic carbocycles. The molecule has 2 aliphatic rings. The summed E-state index contributed by atoms with van der Waals surface area (Å²) in [5, 5.41) is 3.09. The van der Waals surface area contributed by atoms with Crippen molar-refractivity contribution < 1.29 is 14.4 Å². The van der Waals surface area contributed by atoms with Crippen LogP contribution in [-0.4, -0.2) is 59.1 Å². The first-order valence-corrected chi connectivity index (χ1v) is 10.5. The van der Waals surface area contributed by atoms with E-state index in [0.29, 0.717) is 31.9 Å². The van der Waals surface area contributed by atoms with Crippen LogP contribution in [0.5, 0.6) is 0 Å². The zero-order valence-electron chi connectivity index (χ0n) is 16.3. The second-order valence-electron chi connectivity index (χ2n) is 7.64. The largest absolute Gasteiger partial charge is 0.353 e. The summed E-state index contributed by atoms with van der Waals surface area (Å²) >= 11 is 5.63. The van der Waals surface area contributed by atoms with E-state index in [0.717, 1.165) is 18.4 Å². The van der Waals surface area contributed by atoms with Crippen molar-refractivity contribution in [2.24, 2.45) is 5.92 Å². The number of nitrogens with one attached hydrogen (secondary N) is 1. The van der Waals surface area contributed by atoms with E-state index < -0.39 is 0 Å². The number of hydrogen-bond acceptors (Lipinski definition) is 3. The second kappa shape index (κ2) is 9.41. The van der Waals surface area contributed by atoms with Crippen LogP contribution >= 0.6 is 11.6 Å². The molecule has 6 nitrogen and oxygen atoms in total. The van der Waals surface area contributed by atoms with Crippen LogP contribution in [0, 0.1) is 5.92 Å². The molecule has 2 saturated heterocycles. The third-order valence-corrected chi connectivity index (χ3v) is 5.97. The fourth-order valence-corrected chi connectivity index (χ4v) is 4.19. The van der Waals surface area contributed by atoms with Crippen LogP contribution in [-0.2, 0) is 14.4 Å². The van der Waals surface area contributed by atoms with Crippen molar-refractivity contribution in [1.29, 1.82) is 0 Å². The number of benzene rings is 1. The van der Waals surface area contributed by atoms with Gasteiger partial charge in [0, 0.05) is 44.4 Å². The Labute approximate surface area is 171 Å². The summed E-state index contributed by atoms with van der Waals surface area (Å²) in [7, 11) is 0. The lowest BCUT2D eigenvalue weighted by Crippen LogP contribution is -2.48. The molecule has 1 aromatic carbocycles. The third kappa shape index (κ3) is 4.85. The number of carbonyl (C=O) groups is 3. The van der Waals surface area contributed by atoms with Crippen LogP contribution in [0.1, 0.15) is 44.2 Å². The molecule has 0 aromatic heterocycles. The third-order valence-electron chi connectivity index (χ3n) is 5.78. The highest BCUT2D eigenvalue weighted by Gasteiger charge is 2.37. The molecule has 1 aromatic rings. The highest BCUT2D eigenvalue weighted by molar-refractivity contribution is 6.18. The Morgan fingerprint density at radius 1 is 1.21 bits per heavy atom. The number of piperidine rings is 1. The molecular weight excluding hydrogens is 378 g/mol. The van der Waals surface area contributed by atoms with E-state index in [2.05, 4.69) is 5.32 Å². The minimum absolute atomic E-state index is 0.0259.